The Balaban J connectivity index is 1.73. The molecule has 0 saturated carbocycles. The predicted octanol–water partition coefficient (Wildman–Crippen LogP) is 4.00. The molecule has 0 amide bonds. The van der Waals surface area contributed by atoms with E-state index < -0.39 is 5.60 Å². The second kappa shape index (κ2) is 4.42. The first-order chi connectivity index (χ1) is 10.9. The molecule has 2 aromatic carbocycles. The van der Waals surface area contributed by atoms with E-state index in [2.05, 4.69) is 66.8 Å². The molecule has 2 aromatic rings. The second-order valence-corrected chi connectivity index (χ2v) is 6.18. The minimum absolute atomic E-state index is 0.0374. The molecule has 22 heavy (non-hydrogen) atoms. The number of hydrogen-bond donors (Lipinski definition) is 0. The van der Waals surface area contributed by atoms with Crippen molar-refractivity contribution < 1.29 is 9.78 Å². The molecule has 0 unspecified atom stereocenters. The highest BCUT2D eigenvalue weighted by Crippen LogP contribution is 2.56. The van der Waals surface area contributed by atoms with Gasteiger partial charge in [-0.15, -0.1) is 0 Å². The highest BCUT2D eigenvalue weighted by atomic mass is 17.2. The van der Waals surface area contributed by atoms with E-state index in [1.807, 2.05) is 12.1 Å². The number of hydrogen-bond acceptors (Lipinski definition) is 2. The maximum Gasteiger partial charge on any atom is 0.177 e. The largest absolute Gasteiger partial charge is 0.226 e. The fourth-order valence-corrected chi connectivity index (χ4v) is 3.89. The van der Waals surface area contributed by atoms with Crippen LogP contribution in [0.4, 0.5) is 0 Å². The summed E-state index contributed by atoms with van der Waals surface area (Å²) < 4.78 is 0. The van der Waals surface area contributed by atoms with Crippen molar-refractivity contribution in [2.24, 2.45) is 11.8 Å². The van der Waals surface area contributed by atoms with Gasteiger partial charge in [0.25, 0.3) is 0 Å². The third-order valence-corrected chi connectivity index (χ3v) is 5.07. The predicted molar refractivity (Wildman–Crippen MR) is 83.8 cm³/mol. The normalized spacial score (nSPS) is 30.4. The molecule has 0 spiro atoms. The summed E-state index contributed by atoms with van der Waals surface area (Å²) in [5, 5.41) is 0. The Labute approximate surface area is 129 Å². The molecule has 5 rings (SSSR count). The lowest BCUT2D eigenvalue weighted by Crippen LogP contribution is -2.29. The van der Waals surface area contributed by atoms with Gasteiger partial charge in [-0.2, -0.15) is 0 Å². The highest BCUT2D eigenvalue weighted by molar-refractivity contribution is 5.52. The Kier molecular flexibility index (Phi) is 2.49. The second-order valence-electron chi connectivity index (χ2n) is 6.18. The van der Waals surface area contributed by atoms with Gasteiger partial charge in [0.05, 0.1) is 0 Å². The lowest BCUT2D eigenvalue weighted by Gasteiger charge is -2.28. The van der Waals surface area contributed by atoms with Crippen molar-refractivity contribution >= 4 is 0 Å². The Bertz CT molecular complexity index is 721. The third-order valence-electron chi connectivity index (χ3n) is 5.07. The molecular weight excluding hydrogens is 272 g/mol. The lowest BCUT2D eigenvalue weighted by atomic mass is 9.77. The summed E-state index contributed by atoms with van der Waals surface area (Å²) in [4.78, 5) is 11.8. The van der Waals surface area contributed by atoms with E-state index in [9.17, 15) is 0 Å². The van der Waals surface area contributed by atoms with Gasteiger partial charge in [0.2, 0.25) is 0 Å². The molecule has 2 aliphatic carbocycles. The number of allylic oxidation sites excluding steroid dienone is 2. The molecule has 1 saturated heterocycles. The van der Waals surface area contributed by atoms with Crippen LogP contribution >= 0.6 is 0 Å². The number of rotatable bonds is 2. The minimum Gasteiger partial charge on any atom is -0.226 e. The van der Waals surface area contributed by atoms with Gasteiger partial charge in [-0.05, 0) is 11.1 Å². The minimum atomic E-state index is -0.619. The average molecular weight is 288 g/mol. The molecule has 0 N–H and O–H groups in total. The van der Waals surface area contributed by atoms with Crippen LogP contribution < -0.4 is 0 Å². The van der Waals surface area contributed by atoms with Gasteiger partial charge >= 0.3 is 0 Å². The fraction of sp³-hybridized carbons (Fsp3) is 0.200. The van der Waals surface area contributed by atoms with E-state index in [0.717, 1.165) is 11.1 Å². The van der Waals surface area contributed by atoms with Gasteiger partial charge in [0, 0.05) is 17.4 Å². The average Bonchev–Trinajstić information content (AvgIpc) is 3.04. The van der Waals surface area contributed by atoms with Crippen LogP contribution in [-0.4, -0.2) is 6.10 Å². The summed E-state index contributed by atoms with van der Waals surface area (Å²) >= 11 is 0. The van der Waals surface area contributed by atoms with Crippen LogP contribution in [0.5, 0.6) is 0 Å². The van der Waals surface area contributed by atoms with Gasteiger partial charge in [-0.3, -0.25) is 0 Å². The maximum atomic E-state index is 6.03. The molecule has 3 aliphatic rings. The van der Waals surface area contributed by atoms with E-state index >= 15 is 0 Å². The first-order valence-electron chi connectivity index (χ1n) is 7.76. The SMILES string of the molecule is C1=C[C@H]2[C@@H]1C=C1[C@@H]2OOC1(c1ccccc1)c1ccccc1. The van der Waals surface area contributed by atoms with Gasteiger partial charge in [0.15, 0.2) is 5.60 Å². The van der Waals surface area contributed by atoms with E-state index in [1.165, 1.54) is 5.57 Å². The summed E-state index contributed by atoms with van der Waals surface area (Å²) in [5.74, 6) is 0.931. The van der Waals surface area contributed by atoms with E-state index in [4.69, 9.17) is 9.78 Å². The van der Waals surface area contributed by atoms with E-state index in [0.29, 0.717) is 11.8 Å². The van der Waals surface area contributed by atoms with E-state index in [1.54, 1.807) is 0 Å². The van der Waals surface area contributed by atoms with Crippen molar-refractivity contribution in [1.82, 2.24) is 0 Å². The summed E-state index contributed by atoms with van der Waals surface area (Å²) in [7, 11) is 0. The van der Waals surface area contributed by atoms with Crippen LogP contribution in [0.2, 0.25) is 0 Å². The molecule has 2 nitrogen and oxygen atoms in total. The lowest BCUT2D eigenvalue weighted by molar-refractivity contribution is -0.326. The molecular formula is C20H16O2. The van der Waals surface area contributed by atoms with Crippen molar-refractivity contribution in [3.8, 4) is 0 Å². The maximum absolute atomic E-state index is 6.03. The standard InChI is InChI=1S/C20H16O2/c1-3-7-15(8-4-1)20(16-9-5-2-6-10-16)18-13-14-11-12-17(14)19(18)21-22-20/h1-14,17,19H/t14-,17-,19+/m0/s1. The van der Waals surface area contributed by atoms with Crippen molar-refractivity contribution in [1.29, 1.82) is 0 Å². The summed E-state index contributed by atoms with van der Waals surface area (Å²) in [5.41, 5.74) is 2.86. The summed E-state index contributed by atoms with van der Waals surface area (Å²) in [6.07, 6.45) is 6.85. The molecule has 108 valence electrons. The first kappa shape index (κ1) is 12.4. The topological polar surface area (TPSA) is 18.5 Å². The van der Waals surface area contributed by atoms with Crippen LogP contribution in [0.15, 0.2) is 84.5 Å². The van der Waals surface area contributed by atoms with Crippen molar-refractivity contribution in [2.75, 3.05) is 0 Å². The van der Waals surface area contributed by atoms with Crippen LogP contribution in [0.25, 0.3) is 0 Å². The molecule has 0 bridgehead atoms. The zero-order chi connectivity index (χ0) is 14.6. The van der Waals surface area contributed by atoms with Crippen molar-refractivity contribution in [3.63, 3.8) is 0 Å². The monoisotopic (exact) mass is 288 g/mol. The Morgan fingerprint density at radius 2 is 1.41 bits per heavy atom. The molecule has 1 aliphatic heterocycles. The third kappa shape index (κ3) is 1.46. The zero-order valence-corrected chi connectivity index (χ0v) is 12.1. The molecule has 0 aromatic heterocycles. The Morgan fingerprint density at radius 1 is 0.773 bits per heavy atom. The first-order valence-corrected chi connectivity index (χ1v) is 7.76. The van der Waals surface area contributed by atoms with Crippen LogP contribution in [0, 0.1) is 11.8 Å². The zero-order valence-electron chi connectivity index (χ0n) is 12.1. The molecule has 1 heterocycles. The van der Waals surface area contributed by atoms with Gasteiger partial charge in [-0.1, -0.05) is 78.9 Å². The van der Waals surface area contributed by atoms with Gasteiger partial charge in [0.1, 0.15) is 6.10 Å². The summed E-state index contributed by atoms with van der Waals surface area (Å²) in [6.45, 7) is 0. The number of benzene rings is 2. The Morgan fingerprint density at radius 3 is 1.95 bits per heavy atom. The molecule has 1 fully saturated rings. The quantitative estimate of drug-likeness (QED) is 0.614. The number of fused-ring (bicyclic) bond motifs is 3. The van der Waals surface area contributed by atoms with Crippen LogP contribution in [0.3, 0.4) is 0 Å². The van der Waals surface area contributed by atoms with Gasteiger partial charge in [-0.25, -0.2) is 9.78 Å². The van der Waals surface area contributed by atoms with Crippen LogP contribution in [-0.2, 0) is 15.4 Å². The van der Waals surface area contributed by atoms with Crippen molar-refractivity contribution in [3.05, 3.63) is 95.6 Å². The van der Waals surface area contributed by atoms with Gasteiger partial charge < -0.3 is 0 Å². The highest BCUT2D eigenvalue weighted by Gasteiger charge is 2.57. The van der Waals surface area contributed by atoms with Crippen LogP contribution in [0.1, 0.15) is 11.1 Å². The van der Waals surface area contributed by atoms with E-state index in [-0.39, 0.29) is 6.10 Å². The molecule has 0 radical (unpaired) electrons. The molecule has 2 heteroatoms. The summed E-state index contributed by atoms with van der Waals surface area (Å²) in [6, 6.07) is 20.8. The molecule has 3 atom stereocenters. The fourth-order valence-electron chi connectivity index (χ4n) is 3.89. The smallest absolute Gasteiger partial charge is 0.177 e. The van der Waals surface area contributed by atoms with Crippen molar-refractivity contribution in [2.45, 2.75) is 11.7 Å². The Hall–Kier alpha value is -2.16.